The highest BCUT2D eigenvalue weighted by Crippen LogP contribution is 2.07. The first-order valence-corrected chi connectivity index (χ1v) is 2.66. The van der Waals surface area contributed by atoms with E-state index in [2.05, 4.69) is 19.9 Å². The minimum absolute atomic E-state index is 0.0524. The lowest BCUT2D eigenvalue weighted by molar-refractivity contribution is -0.136. The van der Waals surface area contributed by atoms with Crippen LogP contribution in [0.25, 0.3) is 0 Å². The summed E-state index contributed by atoms with van der Waals surface area (Å²) < 4.78 is 13.1. The van der Waals surface area contributed by atoms with Gasteiger partial charge in [-0.15, -0.1) is 0 Å². The van der Waals surface area contributed by atoms with Crippen molar-refractivity contribution in [3.05, 3.63) is 12.0 Å². The Labute approximate surface area is 61.5 Å². The number of rotatable bonds is 1. The molecule has 0 fully saturated rings. The van der Waals surface area contributed by atoms with Gasteiger partial charge in [0.15, 0.2) is 0 Å². The second-order valence-corrected chi connectivity index (χ2v) is 1.62. The molecule has 2 N–H and O–H groups in total. The Bertz CT molecular complexity index is 221. The zero-order valence-corrected chi connectivity index (χ0v) is 5.40. The van der Waals surface area contributed by atoms with Gasteiger partial charge >= 0.3 is 12.1 Å². The molecule has 0 saturated carbocycles. The summed E-state index contributed by atoms with van der Waals surface area (Å²) in [6.45, 7) is -0.0524. The first kappa shape index (κ1) is 7.39. The molecule has 1 aliphatic heterocycles. The lowest BCUT2D eigenvalue weighted by Crippen LogP contribution is -2.19. The maximum absolute atomic E-state index is 10.7. The molecule has 11 heavy (non-hydrogen) atoms. The maximum Gasteiger partial charge on any atom is 0.412 e. The number of hydrogen-bond acceptors (Lipinski definition) is 5. The summed E-state index contributed by atoms with van der Waals surface area (Å²) in [6.07, 6.45) is -0.128. The molecule has 1 amide bonds. The van der Waals surface area contributed by atoms with Crippen LogP contribution in [0.1, 0.15) is 0 Å². The maximum atomic E-state index is 10.7. The smallest absolute Gasteiger partial charge is 0.412 e. The zero-order chi connectivity index (χ0) is 8.27. The summed E-state index contributed by atoms with van der Waals surface area (Å²) in [5.41, 5.74) is 4.56. The van der Waals surface area contributed by atoms with E-state index < -0.39 is 12.1 Å². The van der Waals surface area contributed by atoms with Gasteiger partial charge in [-0.2, -0.15) is 0 Å². The van der Waals surface area contributed by atoms with Crippen LogP contribution in [0.5, 0.6) is 0 Å². The number of nitrogens with two attached hydrogens (primary N) is 1. The predicted octanol–water partition coefficient (Wildman–Crippen LogP) is -0.546. The number of amides is 1. The molecule has 0 bridgehead atoms. The highest BCUT2D eigenvalue weighted by Gasteiger charge is 2.19. The fourth-order valence-corrected chi connectivity index (χ4v) is 0.490. The molecule has 6 heteroatoms. The Morgan fingerprint density at radius 1 is 1.64 bits per heavy atom. The molecule has 0 aromatic carbocycles. The Morgan fingerprint density at radius 3 is 2.82 bits per heavy atom. The average molecular weight is 159 g/mol. The van der Waals surface area contributed by atoms with E-state index in [-0.39, 0.29) is 12.6 Å². The minimum atomic E-state index is -1.17. The number of carbonyl (C=O) groups is 2. The van der Waals surface area contributed by atoms with Crippen molar-refractivity contribution in [1.82, 2.24) is 0 Å². The summed E-state index contributed by atoms with van der Waals surface area (Å²) in [6, 6.07) is 0. The van der Waals surface area contributed by atoms with Crippen LogP contribution in [-0.2, 0) is 19.0 Å². The van der Waals surface area contributed by atoms with E-state index in [1.807, 2.05) is 0 Å². The molecule has 0 aromatic rings. The average Bonchev–Trinajstić information content (AvgIpc) is 2.35. The minimum Gasteiger partial charge on any atom is -0.461 e. The largest absolute Gasteiger partial charge is 0.461 e. The van der Waals surface area contributed by atoms with Gasteiger partial charge in [-0.3, -0.25) is 0 Å². The van der Waals surface area contributed by atoms with Crippen molar-refractivity contribution in [2.24, 2.45) is 5.73 Å². The van der Waals surface area contributed by atoms with Crippen LogP contribution in [-0.4, -0.2) is 18.9 Å². The third kappa shape index (κ3) is 1.85. The first-order chi connectivity index (χ1) is 5.20. The summed E-state index contributed by atoms with van der Waals surface area (Å²) in [5, 5.41) is 0. The molecule has 1 heterocycles. The van der Waals surface area contributed by atoms with Crippen LogP contribution in [0.2, 0.25) is 0 Å². The summed E-state index contributed by atoms with van der Waals surface area (Å²) in [5.74, 6) is -1.11. The lowest BCUT2D eigenvalue weighted by Gasteiger charge is -1.97. The number of esters is 1. The highest BCUT2D eigenvalue weighted by atomic mass is 16.7. The SMILES string of the molecule is NC(=O)OC(=O)C1=COCO1. The third-order valence-electron chi connectivity index (χ3n) is 0.867. The van der Waals surface area contributed by atoms with Gasteiger partial charge in [0.2, 0.25) is 12.6 Å². The van der Waals surface area contributed by atoms with Crippen LogP contribution in [0.4, 0.5) is 4.79 Å². The molecule has 0 unspecified atom stereocenters. The molecule has 0 aliphatic carbocycles. The van der Waals surface area contributed by atoms with E-state index in [0.29, 0.717) is 0 Å². The van der Waals surface area contributed by atoms with Crippen LogP contribution in [0.3, 0.4) is 0 Å². The zero-order valence-electron chi connectivity index (χ0n) is 5.40. The van der Waals surface area contributed by atoms with Crippen molar-refractivity contribution in [2.45, 2.75) is 0 Å². The van der Waals surface area contributed by atoms with Crippen LogP contribution in [0, 0.1) is 0 Å². The van der Waals surface area contributed by atoms with Crippen LogP contribution < -0.4 is 5.73 Å². The molecule has 60 valence electrons. The Hall–Kier alpha value is -1.72. The normalized spacial score (nSPS) is 14.4. The standard InChI is InChI=1S/C5H5NO5/c6-5(8)11-4(7)3-1-9-2-10-3/h1H,2H2,(H2,6,8). The number of carbonyl (C=O) groups excluding carboxylic acids is 2. The molecular formula is C5H5NO5. The summed E-state index contributed by atoms with van der Waals surface area (Å²) in [7, 11) is 0. The second kappa shape index (κ2) is 2.91. The molecule has 0 atom stereocenters. The molecule has 0 aromatic heterocycles. The fourth-order valence-electron chi connectivity index (χ4n) is 0.490. The van der Waals surface area contributed by atoms with Crippen molar-refractivity contribution in [1.29, 1.82) is 0 Å². The monoisotopic (exact) mass is 159 g/mol. The quantitative estimate of drug-likeness (QED) is 0.409. The van der Waals surface area contributed by atoms with Crippen molar-refractivity contribution in [2.75, 3.05) is 6.79 Å². The molecule has 1 rings (SSSR count). The topological polar surface area (TPSA) is 87.9 Å². The van der Waals surface area contributed by atoms with E-state index in [1.54, 1.807) is 0 Å². The molecule has 0 spiro atoms. The van der Waals surface area contributed by atoms with Crippen molar-refractivity contribution in [3.8, 4) is 0 Å². The van der Waals surface area contributed by atoms with Crippen LogP contribution >= 0.6 is 0 Å². The molecule has 6 nitrogen and oxygen atoms in total. The Morgan fingerprint density at radius 2 is 2.36 bits per heavy atom. The van der Waals surface area contributed by atoms with E-state index in [4.69, 9.17) is 0 Å². The van der Waals surface area contributed by atoms with Crippen LogP contribution in [0.15, 0.2) is 12.0 Å². The molecule has 0 saturated heterocycles. The van der Waals surface area contributed by atoms with E-state index >= 15 is 0 Å². The lowest BCUT2D eigenvalue weighted by atomic mass is 10.6. The number of hydrogen-bond donors (Lipinski definition) is 1. The Balaban J connectivity index is 2.47. The molecule has 1 aliphatic rings. The van der Waals surface area contributed by atoms with E-state index in [9.17, 15) is 9.59 Å². The van der Waals surface area contributed by atoms with Gasteiger partial charge in [-0.05, 0) is 0 Å². The predicted molar refractivity (Wildman–Crippen MR) is 30.8 cm³/mol. The van der Waals surface area contributed by atoms with Gasteiger partial charge in [0.25, 0.3) is 0 Å². The van der Waals surface area contributed by atoms with Crippen molar-refractivity contribution < 1.29 is 23.8 Å². The highest BCUT2D eigenvalue weighted by molar-refractivity contribution is 5.93. The van der Waals surface area contributed by atoms with Crippen molar-refractivity contribution >= 4 is 12.1 Å². The first-order valence-electron chi connectivity index (χ1n) is 2.66. The van der Waals surface area contributed by atoms with Gasteiger partial charge in [-0.25, -0.2) is 9.59 Å². The fraction of sp³-hybridized carbons (Fsp3) is 0.200. The van der Waals surface area contributed by atoms with Crippen molar-refractivity contribution in [3.63, 3.8) is 0 Å². The van der Waals surface area contributed by atoms with Gasteiger partial charge in [0.05, 0.1) is 0 Å². The summed E-state index contributed by atoms with van der Waals surface area (Å²) >= 11 is 0. The molecular weight excluding hydrogens is 154 g/mol. The third-order valence-corrected chi connectivity index (χ3v) is 0.867. The number of ether oxygens (including phenoxy) is 3. The summed E-state index contributed by atoms with van der Waals surface area (Å²) in [4.78, 5) is 20.7. The van der Waals surface area contributed by atoms with E-state index in [0.717, 1.165) is 6.26 Å². The van der Waals surface area contributed by atoms with Gasteiger partial charge < -0.3 is 19.9 Å². The Kier molecular flexibility index (Phi) is 1.95. The van der Waals surface area contributed by atoms with Gasteiger partial charge in [0.1, 0.15) is 6.26 Å². The number of primary amides is 1. The van der Waals surface area contributed by atoms with E-state index in [1.165, 1.54) is 0 Å². The van der Waals surface area contributed by atoms with Gasteiger partial charge in [-0.1, -0.05) is 0 Å². The second-order valence-electron chi connectivity index (χ2n) is 1.62. The molecule has 0 radical (unpaired) electrons. The van der Waals surface area contributed by atoms with Gasteiger partial charge in [0, 0.05) is 0 Å².